The first-order valence-electron chi connectivity index (χ1n) is 13.0. The van der Waals surface area contributed by atoms with E-state index in [-0.39, 0.29) is 17.0 Å². The van der Waals surface area contributed by atoms with Crippen LogP contribution in [0.2, 0.25) is 10.0 Å². The lowest BCUT2D eigenvalue weighted by Crippen LogP contribution is -2.49. The molecule has 0 saturated carbocycles. The Labute approximate surface area is 251 Å². The summed E-state index contributed by atoms with van der Waals surface area (Å²) in [6.07, 6.45) is 2.49. The summed E-state index contributed by atoms with van der Waals surface area (Å²) in [7, 11) is 0. The number of benzene rings is 3. The second-order valence-corrected chi connectivity index (χ2v) is 12.9. The van der Waals surface area contributed by atoms with Crippen molar-refractivity contribution in [2.45, 2.75) is 66.9 Å². The number of hydrogen-bond donors (Lipinski definition) is 2. The fraction of sp³-hybridized carbons (Fsp3) is 0.367. The van der Waals surface area contributed by atoms with Crippen molar-refractivity contribution in [3.8, 4) is 0 Å². The molecule has 208 valence electrons. The second-order valence-electron chi connectivity index (χ2n) is 9.72. The van der Waals surface area contributed by atoms with Gasteiger partial charge in [0.15, 0.2) is 0 Å². The third-order valence-corrected chi connectivity index (χ3v) is 9.12. The highest BCUT2D eigenvalue weighted by atomic mass is 79.9. The summed E-state index contributed by atoms with van der Waals surface area (Å²) in [5, 5.41) is 15.7. The van der Waals surface area contributed by atoms with Crippen LogP contribution in [-0.4, -0.2) is 41.1 Å². The van der Waals surface area contributed by atoms with E-state index in [1.165, 1.54) is 12.1 Å². The molecule has 0 spiro atoms. The Morgan fingerprint density at radius 2 is 1.95 bits per heavy atom. The minimum atomic E-state index is -0.826. The molecule has 3 unspecified atom stereocenters. The first-order chi connectivity index (χ1) is 18.8. The number of ether oxygens (including phenoxy) is 1. The molecule has 9 heteroatoms. The van der Waals surface area contributed by atoms with Gasteiger partial charge in [-0.05, 0) is 98.2 Å². The summed E-state index contributed by atoms with van der Waals surface area (Å²) in [6, 6.07) is 19.2. The van der Waals surface area contributed by atoms with Crippen molar-refractivity contribution >= 4 is 56.8 Å². The molecule has 3 aromatic rings. The van der Waals surface area contributed by atoms with Crippen LogP contribution in [-0.2, 0) is 22.4 Å². The molecule has 4 nitrogen and oxygen atoms in total. The molecule has 0 aliphatic carbocycles. The van der Waals surface area contributed by atoms with Gasteiger partial charge in [0.25, 0.3) is 0 Å². The fourth-order valence-corrected chi connectivity index (χ4v) is 6.82. The number of thioether (sulfide) groups is 1. The number of carbonyl (C=O) groups is 1. The van der Waals surface area contributed by atoms with E-state index in [2.05, 4.69) is 21.2 Å². The fourth-order valence-electron chi connectivity index (χ4n) is 4.67. The van der Waals surface area contributed by atoms with Crippen molar-refractivity contribution in [3.05, 3.63) is 98.2 Å². The van der Waals surface area contributed by atoms with Crippen LogP contribution in [0.3, 0.4) is 0 Å². The molecule has 3 aromatic carbocycles. The summed E-state index contributed by atoms with van der Waals surface area (Å²) in [6.45, 7) is 0.570. The van der Waals surface area contributed by atoms with Gasteiger partial charge in [0, 0.05) is 31.3 Å². The van der Waals surface area contributed by atoms with Gasteiger partial charge in [-0.25, -0.2) is 4.39 Å². The van der Waals surface area contributed by atoms with Crippen LogP contribution in [0.15, 0.2) is 76.1 Å². The van der Waals surface area contributed by atoms with Crippen molar-refractivity contribution < 1.29 is 19.0 Å². The minimum absolute atomic E-state index is 0.0261. The Morgan fingerprint density at radius 1 is 1.15 bits per heavy atom. The number of carbonyl (C=O) groups excluding carboxylic acids is 1. The average molecular weight is 655 g/mol. The normalized spacial score (nSPS) is 17.5. The van der Waals surface area contributed by atoms with Crippen LogP contribution in [0.4, 0.5) is 4.39 Å². The van der Waals surface area contributed by atoms with Crippen LogP contribution < -0.4 is 5.32 Å². The van der Waals surface area contributed by atoms with Crippen LogP contribution in [0, 0.1) is 5.82 Å². The first-order valence-corrected chi connectivity index (χ1v) is 15.4. The zero-order valence-electron chi connectivity index (χ0n) is 21.3. The molecule has 0 radical (unpaired) electrons. The highest BCUT2D eigenvalue weighted by molar-refractivity contribution is 9.10. The SMILES string of the molecule is O=C(NC(Cc1cccc(Br)c1)C(O)CC(CCc1ccc(Cl)cc1Cl)Sc1ccc(F)cc1)[C@H]1CCCO1. The molecular weight excluding hydrogens is 624 g/mol. The lowest BCUT2D eigenvalue weighted by atomic mass is 9.96. The van der Waals surface area contributed by atoms with Crippen LogP contribution in [0.25, 0.3) is 0 Å². The molecule has 2 N–H and O–H groups in total. The Bertz CT molecular complexity index is 1240. The second kappa shape index (κ2) is 14.9. The van der Waals surface area contributed by atoms with Gasteiger partial charge in [0.1, 0.15) is 11.9 Å². The van der Waals surface area contributed by atoms with E-state index in [0.717, 1.165) is 26.9 Å². The Kier molecular flexibility index (Phi) is 11.6. The summed E-state index contributed by atoms with van der Waals surface area (Å²) in [5.41, 5.74) is 1.97. The minimum Gasteiger partial charge on any atom is -0.391 e. The summed E-state index contributed by atoms with van der Waals surface area (Å²) in [4.78, 5) is 13.9. The van der Waals surface area contributed by atoms with Gasteiger partial charge in [-0.1, -0.05) is 57.3 Å². The van der Waals surface area contributed by atoms with Crippen molar-refractivity contribution in [1.82, 2.24) is 5.32 Å². The maximum atomic E-state index is 13.5. The largest absolute Gasteiger partial charge is 0.391 e. The summed E-state index contributed by atoms with van der Waals surface area (Å²) >= 11 is 17.6. The highest BCUT2D eigenvalue weighted by Crippen LogP contribution is 2.32. The molecule has 1 aliphatic heterocycles. The molecule has 4 rings (SSSR count). The van der Waals surface area contributed by atoms with Gasteiger partial charge in [0.2, 0.25) is 5.91 Å². The Hall–Kier alpha value is -1.61. The van der Waals surface area contributed by atoms with Crippen molar-refractivity contribution in [1.29, 1.82) is 0 Å². The van der Waals surface area contributed by atoms with Crippen LogP contribution in [0.1, 0.15) is 36.8 Å². The van der Waals surface area contributed by atoms with Crippen molar-refractivity contribution in [2.75, 3.05) is 6.61 Å². The number of nitrogens with one attached hydrogen (secondary N) is 1. The lowest BCUT2D eigenvalue weighted by Gasteiger charge is -2.29. The standard InChI is InChI=1S/C30H31BrCl2FNO3S/c31-21-4-1-3-19(15-21)16-27(35-30(37)29-5-2-14-38-29)28(36)18-25(39-24-12-9-23(34)10-13-24)11-7-20-6-8-22(32)17-26(20)33/h1,3-4,6,8-10,12-13,15,17,25,27-29,36H,2,5,7,11,14,16,18H2,(H,35,37)/t25?,27?,28?,29-/m1/s1. The van der Waals surface area contributed by atoms with E-state index >= 15 is 0 Å². The Morgan fingerprint density at radius 3 is 2.64 bits per heavy atom. The zero-order valence-corrected chi connectivity index (χ0v) is 25.2. The quantitative estimate of drug-likeness (QED) is 0.197. The lowest BCUT2D eigenvalue weighted by molar-refractivity contribution is -0.131. The number of aryl methyl sites for hydroxylation is 1. The van der Waals surface area contributed by atoms with E-state index in [9.17, 15) is 14.3 Å². The predicted molar refractivity (Wildman–Crippen MR) is 160 cm³/mol. The summed E-state index contributed by atoms with van der Waals surface area (Å²) < 4.78 is 20.1. The monoisotopic (exact) mass is 653 g/mol. The van der Waals surface area contributed by atoms with Crippen molar-refractivity contribution in [2.24, 2.45) is 0 Å². The molecule has 1 aliphatic rings. The topological polar surface area (TPSA) is 58.6 Å². The third kappa shape index (κ3) is 9.48. The molecule has 1 saturated heterocycles. The van der Waals surface area contributed by atoms with Gasteiger partial charge in [0.05, 0.1) is 12.1 Å². The van der Waals surface area contributed by atoms with Gasteiger partial charge < -0.3 is 15.2 Å². The number of halogens is 4. The number of rotatable bonds is 12. The van der Waals surface area contributed by atoms with Gasteiger partial charge in [-0.3, -0.25) is 4.79 Å². The van der Waals surface area contributed by atoms with E-state index < -0.39 is 18.2 Å². The number of amides is 1. The van der Waals surface area contributed by atoms with E-state index in [1.807, 2.05) is 36.4 Å². The molecule has 1 fully saturated rings. The molecule has 4 atom stereocenters. The maximum absolute atomic E-state index is 13.5. The van der Waals surface area contributed by atoms with Gasteiger partial charge in [-0.2, -0.15) is 0 Å². The van der Waals surface area contributed by atoms with E-state index in [4.69, 9.17) is 27.9 Å². The summed E-state index contributed by atoms with van der Waals surface area (Å²) in [5.74, 6) is -0.489. The highest BCUT2D eigenvalue weighted by Gasteiger charge is 2.30. The van der Waals surface area contributed by atoms with Crippen LogP contribution in [0.5, 0.6) is 0 Å². The van der Waals surface area contributed by atoms with Crippen molar-refractivity contribution in [3.63, 3.8) is 0 Å². The van der Waals surface area contributed by atoms with Gasteiger partial charge >= 0.3 is 0 Å². The third-order valence-electron chi connectivity index (χ3n) is 6.73. The van der Waals surface area contributed by atoms with E-state index in [0.29, 0.717) is 48.8 Å². The molecule has 39 heavy (non-hydrogen) atoms. The Balaban J connectivity index is 1.51. The zero-order chi connectivity index (χ0) is 27.8. The molecule has 0 aromatic heterocycles. The van der Waals surface area contributed by atoms with Gasteiger partial charge in [-0.15, -0.1) is 11.8 Å². The average Bonchev–Trinajstić information content (AvgIpc) is 3.44. The maximum Gasteiger partial charge on any atom is 0.249 e. The molecule has 0 bridgehead atoms. The number of aliphatic hydroxyl groups excluding tert-OH is 1. The number of aliphatic hydroxyl groups is 1. The van der Waals surface area contributed by atoms with E-state index in [1.54, 1.807) is 30.0 Å². The molecular formula is C30H31BrCl2FNO3S. The van der Waals surface area contributed by atoms with Crippen LogP contribution >= 0.6 is 50.9 Å². The molecule has 1 amide bonds. The smallest absolute Gasteiger partial charge is 0.249 e. The first kappa shape index (κ1) is 30.4. The number of hydrogen-bond acceptors (Lipinski definition) is 4. The molecule has 1 heterocycles. The predicted octanol–water partition coefficient (Wildman–Crippen LogP) is 7.65.